The summed E-state index contributed by atoms with van der Waals surface area (Å²) in [5.74, 6) is -0.941. The van der Waals surface area contributed by atoms with E-state index in [0.29, 0.717) is 0 Å². The van der Waals surface area contributed by atoms with E-state index in [9.17, 15) is 9.59 Å². The topological polar surface area (TPSA) is 55.4 Å². The maximum Gasteiger partial charge on any atom is 0.338 e. The average molecular weight is 169 g/mol. The number of amides is 1. The second-order valence-corrected chi connectivity index (χ2v) is 1.91. The monoisotopic (exact) mass is 169 g/mol. The first-order valence-corrected chi connectivity index (χ1v) is 3.29. The molecular formula is C8H11NO3. The van der Waals surface area contributed by atoms with Crippen LogP contribution in [0.1, 0.15) is 0 Å². The maximum atomic E-state index is 10.9. The molecule has 0 atom stereocenters. The Hall–Kier alpha value is -1.58. The Balaban J connectivity index is 4.54. The summed E-state index contributed by atoms with van der Waals surface area (Å²) in [7, 11) is 2.71. The fourth-order valence-electron chi connectivity index (χ4n) is 0.532. The van der Waals surface area contributed by atoms with Gasteiger partial charge in [0.2, 0.25) is 5.91 Å². The van der Waals surface area contributed by atoms with Gasteiger partial charge in [0.1, 0.15) is 0 Å². The fourth-order valence-corrected chi connectivity index (χ4v) is 0.532. The van der Waals surface area contributed by atoms with Crippen LogP contribution in [-0.4, -0.2) is 26.0 Å². The maximum absolute atomic E-state index is 10.9. The van der Waals surface area contributed by atoms with Gasteiger partial charge in [-0.3, -0.25) is 4.79 Å². The summed E-state index contributed by atoms with van der Waals surface area (Å²) >= 11 is 0. The minimum Gasteiger partial charge on any atom is -0.465 e. The third kappa shape index (κ3) is 3.01. The Bertz CT molecular complexity index is 230. The van der Waals surface area contributed by atoms with Gasteiger partial charge in [-0.05, 0) is 0 Å². The van der Waals surface area contributed by atoms with Crippen LogP contribution in [-0.2, 0) is 14.3 Å². The Morgan fingerprint density at radius 3 is 2.42 bits per heavy atom. The van der Waals surface area contributed by atoms with Crippen molar-refractivity contribution in [1.29, 1.82) is 0 Å². The molecular weight excluding hydrogens is 158 g/mol. The SMILES string of the molecule is C=C/C(=C\C(=O)NC)C(=O)OC. The molecule has 0 aromatic heterocycles. The van der Waals surface area contributed by atoms with Gasteiger partial charge >= 0.3 is 5.97 Å². The zero-order valence-electron chi connectivity index (χ0n) is 7.09. The number of hydrogen-bond donors (Lipinski definition) is 1. The van der Waals surface area contributed by atoms with Crippen LogP contribution in [0.5, 0.6) is 0 Å². The lowest BCUT2D eigenvalue weighted by Crippen LogP contribution is -2.16. The van der Waals surface area contributed by atoms with Gasteiger partial charge in [-0.15, -0.1) is 0 Å². The molecule has 0 aliphatic heterocycles. The highest BCUT2D eigenvalue weighted by atomic mass is 16.5. The van der Waals surface area contributed by atoms with E-state index in [-0.39, 0.29) is 11.5 Å². The first-order valence-electron chi connectivity index (χ1n) is 3.29. The molecule has 4 nitrogen and oxygen atoms in total. The molecule has 4 heteroatoms. The average Bonchev–Trinajstić information content (AvgIpc) is 2.12. The molecule has 0 radical (unpaired) electrons. The zero-order chi connectivity index (χ0) is 9.56. The molecule has 0 spiro atoms. The number of ether oxygens (including phenoxy) is 1. The Kier molecular flexibility index (Phi) is 4.45. The van der Waals surface area contributed by atoms with Crippen molar-refractivity contribution in [3.8, 4) is 0 Å². The Morgan fingerprint density at radius 2 is 2.08 bits per heavy atom. The van der Waals surface area contributed by atoms with E-state index >= 15 is 0 Å². The molecule has 1 amide bonds. The first-order chi connectivity index (χ1) is 5.65. The highest BCUT2D eigenvalue weighted by molar-refractivity contribution is 6.00. The second kappa shape index (κ2) is 5.12. The summed E-state index contributed by atoms with van der Waals surface area (Å²) in [6.07, 6.45) is 2.39. The van der Waals surface area contributed by atoms with Crippen LogP contribution in [0.3, 0.4) is 0 Å². The number of likely N-dealkylation sites (N-methyl/N-ethyl adjacent to an activating group) is 1. The summed E-state index contributed by atoms with van der Waals surface area (Å²) in [5.41, 5.74) is 0.136. The first kappa shape index (κ1) is 10.4. The molecule has 0 aromatic carbocycles. The largest absolute Gasteiger partial charge is 0.465 e. The summed E-state index contributed by atoms with van der Waals surface area (Å²) in [4.78, 5) is 21.6. The van der Waals surface area contributed by atoms with Gasteiger partial charge in [0.15, 0.2) is 0 Å². The van der Waals surface area contributed by atoms with Crippen molar-refractivity contribution in [3.63, 3.8) is 0 Å². The van der Waals surface area contributed by atoms with E-state index in [0.717, 1.165) is 6.08 Å². The number of carbonyl (C=O) groups excluding carboxylic acids is 2. The third-order valence-corrected chi connectivity index (χ3v) is 1.17. The lowest BCUT2D eigenvalue weighted by atomic mass is 10.2. The van der Waals surface area contributed by atoms with E-state index in [2.05, 4.69) is 16.6 Å². The number of nitrogens with one attached hydrogen (secondary N) is 1. The quantitative estimate of drug-likeness (QED) is 0.368. The normalized spacial score (nSPS) is 10.3. The fraction of sp³-hybridized carbons (Fsp3) is 0.250. The van der Waals surface area contributed by atoms with Crippen LogP contribution in [0, 0.1) is 0 Å². The van der Waals surface area contributed by atoms with Crippen LogP contribution in [0.2, 0.25) is 0 Å². The van der Waals surface area contributed by atoms with Crippen molar-refractivity contribution in [3.05, 3.63) is 24.3 Å². The molecule has 0 bridgehead atoms. The van der Waals surface area contributed by atoms with Crippen LogP contribution < -0.4 is 5.32 Å². The van der Waals surface area contributed by atoms with Gasteiger partial charge < -0.3 is 10.1 Å². The third-order valence-electron chi connectivity index (χ3n) is 1.17. The van der Waals surface area contributed by atoms with E-state index < -0.39 is 5.97 Å². The van der Waals surface area contributed by atoms with Crippen LogP contribution >= 0.6 is 0 Å². The van der Waals surface area contributed by atoms with Gasteiger partial charge in [0.05, 0.1) is 12.7 Å². The molecule has 0 aliphatic carbocycles. The number of esters is 1. The zero-order valence-corrected chi connectivity index (χ0v) is 7.09. The minimum absolute atomic E-state index is 0.136. The molecule has 1 N–H and O–H groups in total. The number of carbonyl (C=O) groups is 2. The van der Waals surface area contributed by atoms with Crippen LogP contribution in [0.15, 0.2) is 24.3 Å². The lowest BCUT2D eigenvalue weighted by Gasteiger charge is -1.98. The molecule has 0 aromatic rings. The summed E-state index contributed by atoms with van der Waals surface area (Å²) in [5, 5.41) is 2.34. The molecule has 0 fully saturated rings. The highest BCUT2D eigenvalue weighted by Crippen LogP contribution is 1.97. The number of methoxy groups -OCH3 is 1. The van der Waals surface area contributed by atoms with Crippen LogP contribution in [0.4, 0.5) is 0 Å². The van der Waals surface area contributed by atoms with Gasteiger partial charge in [0, 0.05) is 13.1 Å². The van der Waals surface area contributed by atoms with Crippen molar-refractivity contribution >= 4 is 11.9 Å². The molecule has 12 heavy (non-hydrogen) atoms. The standard InChI is InChI=1S/C8H11NO3/c1-4-6(8(11)12-3)5-7(10)9-2/h4-5H,1H2,2-3H3,(H,9,10)/b6-5+. The van der Waals surface area contributed by atoms with E-state index in [4.69, 9.17) is 0 Å². The van der Waals surface area contributed by atoms with Crippen molar-refractivity contribution in [2.75, 3.05) is 14.2 Å². The van der Waals surface area contributed by atoms with Gasteiger partial charge in [-0.25, -0.2) is 4.79 Å². The summed E-state index contributed by atoms with van der Waals surface area (Å²) in [6, 6.07) is 0. The predicted molar refractivity (Wildman–Crippen MR) is 44.4 cm³/mol. The molecule has 66 valence electrons. The van der Waals surface area contributed by atoms with Gasteiger partial charge in [0.25, 0.3) is 0 Å². The molecule has 0 saturated carbocycles. The van der Waals surface area contributed by atoms with Crippen molar-refractivity contribution in [2.24, 2.45) is 0 Å². The summed E-state index contributed by atoms with van der Waals surface area (Å²) < 4.78 is 4.39. The van der Waals surface area contributed by atoms with E-state index in [1.807, 2.05) is 0 Å². The number of hydrogen-bond acceptors (Lipinski definition) is 3. The highest BCUT2D eigenvalue weighted by Gasteiger charge is 2.06. The van der Waals surface area contributed by atoms with Gasteiger partial charge in [-0.2, -0.15) is 0 Å². The predicted octanol–water partition coefficient (Wildman–Crippen LogP) is 0.0178. The molecule has 0 saturated heterocycles. The Labute approximate surface area is 70.9 Å². The van der Waals surface area contributed by atoms with E-state index in [1.54, 1.807) is 0 Å². The molecule has 0 aliphatic rings. The molecule has 0 heterocycles. The second-order valence-electron chi connectivity index (χ2n) is 1.91. The lowest BCUT2D eigenvalue weighted by molar-refractivity contribution is -0.136. The van der Waals surface area contributed by atoms with Crippen LogP contribution in [0.25, 0.3) is 0 Å². The minimum atomic E-state index is -0.575. The summed E-state index contributed by atoms with van der Waals surface area (Å²) in [6.45, 7) is 3.37. The van der Waals surface area contributed by atoms with Crippen molar-refractivity contribution < 1.29 is 14.3 Å². The van der Waals surface area contributed by atoms with Crippen molar-refractivity contribution in [2.45, 2.75) is 0 Å². The smallest absolute Gasteiger partial charge is 0.338 e. The van der Waals surface area contributed by atoms with Gasteiger partial charge in [-0.1, -0.05) is 12.7 Å². The molecule has 0 rings (SSSR count). The van der Waals surface area contributed by atoms with Crippen molar-refractivity contribution in [1.82, 2.24) is 5.32 Å². The Morgan fingerprint density at radius 1 is 1.50 bits per heavy atom. The molecule has 0 unspecified atom stereocenters. The number of rotatable bonds is 3. The van der Waals surface area contributed by atoms with E-state index in [1.165, 1.54) is 20.2 Å².